The van der Waals surface area contributed by atoms with E-state index in [4.69, 9.17) is 5.26 Å². The average molecular weight is 285 g/mol. The summed E-state index contributed by atoms with van der Waals surface area (Å²) in [6, 6.07) is 8.78. The Morgan fingerprint density at radius 1 is 1.48 bits per heavy atom. The van der Waals surface area contributed by atoms with Crippen LogP contribution in [0.15, 0.2) is 24.3 Å². The van der Waals surface area contributed by atoms with Gasteiger partial charge in [0.2, 0.25) is 11.8 Å². The van der Waals surface area contributed by atoms with Crippen molar-refractivity contribution in [2.45, 2.75) is 45.3 Å². The smallest absolute Gasteiger partial charge is 0.247 e. The quantitative estimate of drug-likeness (QED) is 0.833. The molecular formula is C16H19N3O2. The fourth-order valence-electron chi connectivity index (χ4n) is 2.45. The van der Waals surface area contributed by atoms with E-state index in [1.165, 1.54) is 4.90 Å². The van der Waals surface area contributed by atoms with E-state index in [1.54, 1.807) is 12.1 Å². The van der Waals surface area contributed by atoms with Crippen LogP contribution in [0.25, 0.3) is 0 Å². The second-order valence-electron chi connectivity index (χ2n) is 5.31. The van der Waals surface area contributed by atoms with Crippen LogP contribution in [-0.4, -0.2) is 28.8 Å². The first kappa shape index (κ1) is 15.2. The van der Waals surface area contributed by atoms with E-state index in [1.807, 2.05) is 26.0 Å². The number of carbonyl (C=O) groups is 2. The maximum atomic E-state index is 12.3. The van der Waals surface area contributed by atoms with Crippen molar-refractivity contribution in [3.8, 4) is 6.07 Å². The summed E-state index contributed by atoms with van der Waals surface area (Å²) in [5.41, 5.74) is 1.51. The molecular weight excluding hydrogens is 266 g/mol. The number of nitrogens with one attached hydrogen (secondary N) is 1. The van der Waals surface area contributed by atoms with Crippen LogP contribution in [0.2, 0.25) is 0 Å². The predicted molar refractivity (Wildman–Crippen MR) is 78.0 cm³/mol. The second-order valence-corrected chi connectivity index (χ2v) is 5.31. The van der Waals surface area contributed by atoms with Crippen LogP contribution in [0.4, 0.5) is 0 Å². The Morgan fingerprint density at radius 3 is 2.90 bits per heavy atom. The average Bonchev–Trinajstić information content (AvgIpc) is 2.79. The second kappa shape index (κ2) is 6.51. The number of benzene rings is 1. The van der Waals surface area contributed by atoms with Gasteiger partial charge in [-0.15, -0.1) is 0 Å². The van der Waals surface area contributed by atoms with Gasteiger partial charge in [-0.1, -0.05) is 19.1 Å². The van der Waals surface area contributed by atoms with Crippen LogP contribution >= 0.6 is 0 Å². The van der Waals surface area contributed by atoms with Crippen LogP contribution in [0.1, 0.15) is 37.8 Å². The summed E-state index contributed by atoms with van der Waals surface area (Å²) in [6.07, 6.45) is 0.968. The van der Waals surface area contributed by atoms with Gasteiger partial charge in [-0.05, 0) is 31.0 Å². The van der Waals surface area contributed by atoms with Crippen molar-refractivity contribution < 1.29 is 9.59 Å². The van der Waals surface area contributed by atoms with Crippen molar-refractivity contribution in [3.05, 3.63) is 35.4 Å². The summed E-state index contributed by atoms with van der Waals surface area (Å²) >= 11 is 0. The summed E-state index contributed by atoms with van der Waals surface area (Å²) in [5.74, 6) is -0.261. The largest absolute Gasteiger partial charge is 0.301 e. The van der Waals surface area contributed by atoms with Crippen LogP contribution in [0.5, 0.6) is 0 Å². The molecule has 2 amide bonds. The van der Waals surface area contributed by atoms with E-state index < -0.39 is 6.04 Å². The molecule has 2 atom stereocenters. The lowest BCUT2D eigenvalue weighted by molar-refractivity contribution is -0.141. The fourth-order valence-corrected chi connectivity index (χ4v) is 2.45. The minimum atomic E-state index is -0.461. The van der Waals surface area contributed by atoms with Crippen molar-refractivity contribution in [2.75, 3.05) is 0 Å². The molecule has 1 aromatic carbocycles. The van der Waals surface area contributed by atoms with E-state index in [0.717, 1.165) is 12.0 Å². The number of likely N-dealkylation sites (tertiary alicyclic amines) is 1. The molecule has 5 nitrogen and oxygen atoms in total. The highest BCUT2D eigenvalue weighted by atomic mass is 16.2. The molecule has 0 saturated carbocycles. The first-order chi connectivity index (χ1) is 10.1. The summed E-state index contributed by atoms with van der Waals surface area (Å²) in [4.78, 5) is 25.5. The standard InChI is InChI=1S/C16H19N3O2/c1-3-11(2)19-15(20)8-14(16(19)21)18-10-13-6-4-5-12(7-13)9-17/h4-7,11,14,18H,3,8,10H2,1-2H3. The lowest BCUT2D eigenvalue weighted by atomic mass is 10.1. The van der Waals surface area contributed by atoms with Crippen molar-refractivity contribution in [1.29, 1.82) is 5.26 Å². The lowest BCUT2D eigenvalue weighted by Crippen LogP contribution is -2.42. The van der Waals surface area contributed by atoms with Crippen LogP contribution in [-0.2, 0) is 16.1 Å². The molecule has 1 saturated heterocycles. The Balaban J connectivity index is 2.00. The molecule has 1 aliphatic heterocycles. The molecule has 0 spiro atoms. The number of nitriles is 1. The minimum Gasteiger partial charge on any atom is -0.301 e. The van der Waals surface area contributed by atoms with Crippen molar-refractivity contribution in [1.82, 2.24) is 10.2 Å². The third-order valence-corrected chi connectivity index (χ3v) is 3.82. The molecule has 2 unspecified atom stereocenters. The maximum absolute atomic E-state index is 12.3. The molecule has 1 heterocycles. The van der Waals surface area contributed by atoms with E-state index in [9.17, 15) is 9.59 Å². The zero-order valence-electron chi connectivity index (χ0n) is 12.3. The number of amides is 2. The molecule has 0 bridgehead atoms. The van der Waals surface area contributed by atoms with Gasteiger partial charge in [-0.2, -0.15) is 5.26 Å². The SMILES string of the molecule is CCC(C)N1C(=O)CC(NCc2cccc(C#N)c2)C1=O. The van der Waals surface area contributed by atoms with E-state index in [0.29, 0.717) is 12.1 Å². The molecule has 21 heavy (non-hydrogen) atoms. The molecule has 0 aliphatic carbocycles. The Morgan fingerprint density at radius 2 is 2.24 bits per heavy atom. The Hall–Kier alpha value is -2.19. The van der Waals surface area contributed by atoms with Gasteiger partial charge in [-0.3, -0.25) is 14.5 Å². The van der Waals surface area contributed by atoms with Crippen LogP contribution in [0, 0.1) is 11.3 Å². The number of rotatable bonds is 5. The molecule has 1 N–H and O–H groups in total. The number of carbonyl (C=O) groups excluding carboxylic acids is 2. The van der Waals surface area contributed by atoms with Gasteiger partial charge in [0.15, 0.2) is 0 Å². The monoisotopic (exact) mass is 285 g/mol. The van der Waals surface area contributed by atoms with Gasteiger partial charge in [0.05, 0.1) is 24.1 Å². The third kappa shape index (κ3) is 3.29. The maximum Gasteiger partial charge on any atom is 0.247 e. The predicted octanol–water partition coefficient (Wildman–Crippen LogP) is 1.57. The van der Waals surface area contributed by atoms with E-state index in [-0.39, 0.29) is 24.3 Å². The van der Waals surface area contributed by atoms with E-state index in [2.05, 4.69) is 11.4 Å². The van der Waals surface area contributed by atoms with Gasteiger partial charge in [0.25, 0.3) is 0 Å². The number of hydrogen-bond donors (Lipinski definition) is 1. The first-order valence-electron chi connectivity index (χ1n) is 7.15. The third-order valence-electron chi connectivity index (χ3n) is 3.82. The van der Waals surface area contributed by atoms with Gasteiger partial charge < -0.3 is 5.32 Å². The fraction of sp³-hybridized carbons (Fsp3) is 0.438. The normalized spacial score (nSPS) is 19.7. The number of imide groups is 1. The highest BCUT2D eigenvalue weighted by molar-refractivity contribution is 6.05. The molecule has 0 aromatic heterocycles. The van der Waals surface area contributed by atoms with Gasteiger partial charge in [0, 0.05) is 12.6 Å². The summed E-state index contributed by atoms with van der Waals surface area (Å²) in [7, 11) is 0. The van der Waals surface area contributed by atoms with Gasteiger partial charge in [-0.25, -0.2) is 0 Å². The van der Waals surface area contributed by atoms with Gasteiger partial charge >= 0.3 is 0 Å². The molecule has 1 aromatic rings. The van der Waals surface area contributed by atoms with Crippen LogP contribution in [0.3, 0.4) is 0 Å². The zero-order chi connectivity index (χ0) is 15.4. The minimum absolute atomic E-state index is 0.0567. The molecule has 5 heteroatoms. The van der Waals surface area contributed by atoms with Crippen molar-refractivity contribution in [2.24, 2.45) is 0 Å². The summed E-state index contributed by atoms with van der Waals surface area (Å²) < 4.78 is 0. The molecule has 1 fully saturated rings. The summed E-state index contributed by atoms with van der Waals surface area (Å²) in [5, 5.41) is 12.0. The Labute approximate surface area is 124 Å². The topological polar surface area (TPSA) is 73.2 Å². The summed E-state index contributed by atoms with van der Waals surface area (Å²) in [6.45, 7) is 4.31. The molecule has 110 valence electrons. The molecule has 2 rings (SSSR count). The highest BCUT2D eigenvalue weighted by Gasteiger charge is 2.40. The molecule has 0 radical (unpaired) electrons. The molecule has 1 aliphatic rings. The van der Waals surface area contributed by atoms with Crippen molar-refractivity contribution >= 4 is 11.8 Å². The van der Waals surface area contributed by atoms with E-state index >= 15 is 0 Å². The zero-order valence-corrected chi connectivity index (χ0v) is 12.3. The lowest BCUT2D eigenvalue weighted by Gasteiger charge is -2.21. The number of nitrogens with zero attached hydrogens (tertiary/aromatic N) is 2. The Kier molecular flexibility index (Phi) is 4.71. The van der Waals surface area contributed by atoms with Crippen LogP contribution < -0.4 is 5.32 Å². The van der Waals surface area contributed by atoms with Gasteiger partial charge in [0.1, 0.15) is 0 Å². The first-order valence-corrected chi connectivity index (χ1v) is 7.15. The van der Waals surface area contributed by atoms with Crippen molar-refractivity contribution in [3.63, 3.8) is 0 Å². The Bertz CT molecular complexity index is 591. The number of hydrogen-bond acceptors (Lipinski definition) is 4. The highest BCUT2D eigenvalue weighted by Crippen LogP contribution is 2.18.